The fourth-order valence-electron chi connectivity index (χ4n) is 1.75. The van der Waals surface area contributed by atoms with Crippen LogP contribution in [0.2, 0.25) is 0 Å². The Balaban J connectivity index is 2.20. The molecule has 20 heavy (non-hydrogen) atoms. The molecule has 0 radical (unpaired) electrons. The first kappa shape index (κ1) is 13.8. The van der Waals surface area contributed by atoms with Gasteiger partial charge in [0, 0.05) is 29.5 Å². The summed E-state index contributed by atoms with van der Waals surface area (Å²) in [5.74, 6) is -2.49. The van der Waals surface area contributed by atoms with Crippen LogP contribution in [0.1, 0.15) is 15.9 Å². The first-order valence-electron chi connectivity index (χ1n) is 5.78. The lowest BCUT2D eigenvalue weighted by Gasteiger charge is -2.11. The van der Waals surface area contributed by atoms with Gasteiger partial charge in [0.1, 0.15) is 11.6 Å². The van der Waals surface area contributed by atoms with Crippen molar-refractivity contribution < 1.29 is 18.7 Å². The van der Waals surface area contributed by atoms with E-state index in [4.69, 9.17) is 10.8 Å². The van der Waals surface area contributed by atoms with Gasteiger partial charge in [0.25, 0.3) is 0 Å². The van der Waals surface area contributed by atoms with Gasteiger partial charge >= 0.3 is 5.97 Å². The van der Waals surface area contributed by atoms with Crippen molar-refractivity contribution in [2.75, 3.05) is 11.1 Å². The molecule has 104 valence electrons. The molecule has 2 aromatic rings. The third-order valence-electron chi connectivity index (χ3n) is 2.76. The van der Waals surface area contributed by atoms with Gasteiger partial charge < -0.3 is 16.2 Å². The zero-order valence-corrected chi connectivity index (χ0v) is 10.4. The summed E-state index contributed by atoms with van der Waals surface area (Å²) < 4.78 is 26.2. The molecular weight excluding hydrogens is 266 g/mol. The molecule has 6 heteroatoms. The van der Waals surface area contributed by atoms with Crippen LogP contribution in [0.15, 0.2) is 36.4 Å². The predicted molar refractivity (Wildman–Crippen MR) is 71.5 cm³/mol. The standard InChI is InChI=1S/C14H12F2N2O2/c15-9-2-1-8(12(16)5-9)7-18-13-4-3-10(17)6-11(13)14(19)20/h1-6,18H,7,17H2,(H,19,20). The summed E-state index contributed by atoms with van der Waals surface area (Å²) in [6.07, 6.45) is 0. The molecule has 0 aliphatic carbocycles. The van der Waals surface area contributed by atoms with Crippen molar-refractivity contribution in [3.05, 3.63) is 59.2 Å². The second-order valence-corrected chi connectivity index (χ2v) is 4.20. The van der Waals surface area contributed by atoms with Gasteiger partial charge in [0.05, 0.1) is 5.56 Å². The van der Waals surface area contributed by atoms with Crippen molar-refractivity contribution in [1.82, 2.24) is 0 Å². The van der Waals surface area contributed by atoms with Crippen LogP contribution in [0.25, 0.3) is 0 Å². The van der Waals surface area contributed by atoms with Gasteiger partial charge in [-0.1, -0.05) is 6.07 Å². The topological polar surface area (TPSA) is 75.3 Å². The van der Waals surface area contributed by atoms with Crippen LogP contribution in [0.5, 0.6) is 0 Å². The van der Waals surface area contributed by atoms with E-state index in [1.54, 1.807) is 0 Å². The van der Waals surface area contributed by atoms with Gasteiger partial charge in [-0.05, 0) is 24.3 Å². The van der Waals surface area contributed by atoms with Gasteiger partial charge in [0.2, 0.25) is 0 Å². The summed E-state index contributed by atoms with van der Waals surface area (Å²) in [5, 5.41) is 11.9. The van der Waals surface area contributed by atoms with E-state index >= 15 is 0 Å². The normalized spacial score (nSPS) is 10.3. The zero-order chi connectivity index (χ0) is 14.7. The Bertz CT molecular complexity index is 660. The summed E-state index contributed by atoms with van der Waals surface area (Å²) in [4.78, 5) is 11.1. The molecule has 2 aromatic carbocycles. The Morgan fingerprint density at radius 1 is 1.20 bits per heavy atom. The van der Waals surface area contributed by atoms with Gasteiger partial charge in [-0.3, -0.25) is 0 Å². The van der Waals surface area contributed by atoms with Crippen LogP contribution in [0, 0.1) is 11.6 Å². The summed E-state index contributed by atoms with van der Waals surface area (Å²) in [5.41, 5.74) is 6.38. The second kappa shape index (κ2) is 5.56. The third-order valence-corrected chi connectivity index (χ3v) is 2.76. The molecule has 0 atom stereocenters. The molecule has 0 aromatic heterocycles. The molecule has 4 nitrogen and oxygen atoms in total. The van der Waals surface area contributed by atoms with E-state index in [1.165, 1.54) is 24.3 Å². The fourth-order valence-corrected chi connectivity index (χ4v) is 1.75. The number of anilines is 2. The van der Waals surface area contributed by atoms with Crippen molar-refractivity contribution in [1.29, 1.82) is 0 Å². The van der Waals surface area contributed by atoms with Crippen LogP contribution in [0.3, 0.4) is 0 Å². The summed E-state index contributed by atoms with van der Waals surface area (Å²) >= 11 is 0. The number of hydrogen-bond donors (Lipinski definition) is 3. The number of nitrogen functional groups attached to an aromatic ring is 1. The van der Waals surface area contributed by atoms with E-state index in [0.29, 0.717) is 11.4 Å². The summed E-state index contributed by atoms with van der Waals surface area (Å²) in [6.45, 7) is 0.0380. The number of nitrogens with one attached hydrogen (secondary N) is 1. The molecule has 0 saturated heterocycles. The highest BCUT2D eigenvalue weighted by Crippen LogP contribution is 2.20. The van der Waals surface area contributed by atoms with Crippen molar-refractivity contribution in [2.45, 2.75) is 6.54 Å². The van der Waals surface area contributed by atoms with Gasteiger partial charge in [-0.25, -0.2) is 13.6 Å². The highest BCUT2D eigenvalue weighted by atomic mass is 19.1. The number of carboxylic acids is 1. The molecule has 0 heterocycles. The van der Waals surface area contributed by atoms with Crippen LogP contribution in [0.4, 0.5) is 20.2 Å². The molecule has 0 fully saturated rings. The lowest BCUT2D eigenvalue weighted by Crippen LogP contribution is -2.08. The maximum Gasteiger partial charge on any atom is 0.337 e. The monoisotopic (exact) mass is 278 g/mol. The average Bonchev–Trinajstić information content (AvgIpc) is 2.38. The number of aromatic carboxylic acids is 1. The first-order valence-corrected chi connectivity index (χ1v) is 5.78. The minimum Gasteiger partial charge on any atom is -0.478 e. The van der Waals surface area contributed by atoms with Crippen LogP contribution < -0.4 is 11.1 Å². The average molecular weight is 278 g/mol. The third kappa shape index (κ3) is 3.03. The largest absolute Gasteiger partial charge is 0.478 e. The SMILES string of the molecule is Nc1ccc(NCc2ccc(F)cc2F)c(C(=O)O)c1. The smallest absolute Gasteiger partial charge is 0.337 e. The fraction of sp³-hybridized carbons (Fsp3) is 0.0714. The molecule has 0 spiro atoms. The quantitative estimate of drug-likeness (QED) is 0.752. The van der Waals surface area contributed by atoms with Crippen LogP contribution >= 0.6 is 0 Å². The van der Waals surface area contributed by atoms with Crippen molar-refractivity contribution in [3.63, 3.8) is 0 Å². The molecule has 0 aliphatic rings. The van der Waals surface area contributed by atoms with Gasteiger partial charge in [0.15, 0.2) is 0 Å². The molecule has 2 rings (SSSR count). The number of halogens is 2. The molecule has 0 saturated carbocycles. The number of rotatable bonds is 4. The van der Waals surface area contributed by atoms with E-state index in [1.807, 2.05) is 0 Å². The Morgan fingerprint density at radius 2 is 1.95 bits per heavy atom. The molecule has 0 bridgehead atoms. The van der Waals surface area contributed by atoms with E-state index in [0.717, 1.165) is 12.1 Å². The molecule has 0 unspecified atom stereocenters. The number of nitrogens with two attached hydrogens (primary N) is 1. The van der Waals surface area contributed by atoms with Crippen molar-refractivity contribution in [3.8, 4) is 0 Å². The van der Waals surface area contributed by atoms with E-state index < -0.39 is 17.6 Å². The lowest BCUT2D eigenvalue weighted by atomic mass is 10.1. The van der Waals surface area contributed by atoms with E-state index in [-0.39, 0.29) is 17.7 Å². The Kier molecular flexibility index (Phi) is 3.84. The lowest BCUT2D eigenvalue weighted by molar-refractivity contribution is 0.0698. The molecule has 0 aliphatic heterocycles. The predicted octanol–water partition coefficient (Wildman–Crippen LogP) is 2.86. The summed E-state index contributed by atoms with van der Waals surface area (Å²) in [6, 6.07) is 7.57. The minimum absolute atomic E-state index is 0.00693. The van der Waals surface area contributed by atoms with Gasteiger partial charge in [-0.2, -0.15) is 0 Å². The highest BCUT2D eigenvalue weighted by molar-refractivity contribution is 5.95. The Hall–Kier alpha value is -2.63. The van der Waals surface area contributed by atoms with Crippen LogP contribution in [-0.4, -0.2) is 11.1 Å². The zero-order valence-electron chi connectivity index (χ0n) is 10.4. The molecule has 0 amide bonds. The maximum atomic E-state index is 13.5. The number of carbonyl (C=O) groups is 1. The Morgan fingerprint density at radius 3 is 2.60 bits per heavy atom. The molecular formula is C14H12F2N2O2. The van der Waals surface area contributed by atoms with Gasteiger partial charge in [-0.15, -0.1) is 0 Å². The summed E-state index contributed by atoms with van der Waals surface area (Å²) in [7, 11) is 0. The second-order valence-electron chi connectivity index (χ2n) is 4.20. The van der Waals surface area contributed by atoms with Crippen molar-refractivity contribution in [2.24, 2.45) is 0 Å². The minimum atomic E-state index is -1.14. The molecule has 4 N–H and O–H groups in total. The number of benzene rings is 2. The first-order chi connectivity index (χ1) is 9.47. The van der Waals surface area contributed by atoms with Crippen LogP contribution in [-0.2, 0) is 6.54 Å². The maximum absolute atomic E-state index is 13.5. The van der Waals surface area contributed by atoms with E-state index in [9.17, 15) is 13.6 Å². The Labute approximate surface area is 113 Å². The number of carboxylic acid groups (broad SMARTS) is 1. The van der Waals surface area contributed by atoms with Crippen molar-refractivity contribution >= 4 is 17.3 Å². The van der Waals surface area contributed by atoms with E-state index in [2.05, 4.69) is 5.32 Å². The highest BCUT2D eigenvalue weighted by Gasteiger charge is 2.11. The number of hydrogen-bond acceptors (Lipinski definition) is 3.